The van der Waals surface area contributed by atoms with Crippen LogP contribution in [0.15, 0.2) is 0 Å². The topological polar surface area (TPSA) is 75.4 Å². The van der Waals surface area contributed by atoms with Gasteiger partial charge in [-0.1, -0.05) is 19.8 Å². The zero-order valence-corrected chi connectivity index (χ0v) is 11.7. The number of hydrogen-bond donors (Lipinski definition) is 3. The van der Waals surface area contributed by atoms with Crippen molar-refractivity contribution in [1.29, 1.82) is 0 Å². The molecule has 4 N–H and O–H groups in total. The van der Waals surface area contributed by atoms with Gasteiger partial charge in [0.25, 0.3) is 0 Å². The van der Waals surface area contributed by atoms with Crippen molar-refractivity contribution in [3.05, 3.63) is 0 Å². The van der Waals surface area contributed by atoms with Gasteiger partial charge in [0.2, 0.25) is 5.91 Å². The van der Waals surface area contributed by atoms with Crippen molar-refractivity contribution in [2.45, 2.75) is 46.0 Å². The van der Waals surface area contributed by atoms with Gasteiger partial charge < -0.3 is 16.2 Å². The second-order valence-corrected chi connectivity index (χ2v) is 5.82. The van der Waals surface area contributed by atoms with E-state index in [1.54, 1.807) is 0 Å². The van der Waals surface area contributed by atoms with Crippen molar-refractivity contribution in [2.24, 2.45) is 23.0 Å². The number of rotatable bonds is 6. The summed E-state index contributed by atoms with van der Waals surface area (Å²) in [6.07, 6.45) is 5.35. The maximum atomic E-state index is 12.1. The number of amides is 1. The van der Waals surface area contributed by atoms with E-state index in [-0.39, 0.29) is 12.5 Å². The first-order chi connectivity index (χ1) is 8.57. The summed E-state index contributed by atoms with van der Waals surface area (Å²) in [5, 5.41) is 12.4. The highest BCUT2D eigenvalue weighted by Gasteiger charge is 2.31. The first-order valence-corrected chi connectivity index (χ1v) is 7.16. The predicted octanol–water partition coefficient (Wildman–Crippen LogP) is 1.28. The van der Waals surface area contributed by atoms with E-state index in [9.17, 15) is 9.90 Å². The molecule has 0 aliphatic heterocycles. The minimum Gasteiger partial charge on any atom is -0.396 e. The summed E-state index contributed by atoms with van der Waals surface area (Å²) in [7, 11) is 0. The first kappa shape index (κ1) is 15.4. The third-order valence-electron chi connectivity index (χ3n) is 4.60. The van der Waals surface area contributed by atoms with Crippen LogP contribution in [0, 0.1) is 17.3 Å². The molecule has 1 saturated carbocycles. The van der Waals surface area contributed by atoms with Gasteiger partial charge in [0.15, 0.2) is 0 Å². The van der Waals surface area contributed by atoms with E-state index < -0.39 is 5.41 Å². The molecule has 0 saturated heterocycles. The fourth-order valence-corrected chi connectivity index (χ4v) is 2.63. The lowest BCUT2D eigenvalue weighted by Crippen LogP contribution is -2.46. The molecule has 1 aliphatic carbocycles. The van der Waals surface area contributed by atoms with E-state index in [2.05, 4.69) is 5.32 Å². The molecule has 4 heteroatoms. The molecule has 0 spiro atoms. The van der Waals surface area contributed by atoms with Crippen molar-refractivity contribution in [1.82, 2.24) is 5.32 Å². The van der Waals surface area contributed by atoms with Gasteiger partial charge >= 0.3 is 0 Å². The molecule has 0 radical (unpaired) electrons. The Morgan fingerprint density at radius 1 is 1.39 bits per heavy atom. The molecule has 0 heterocycles. The molecule has 1 rings (SSSR count). The minimum absolute atomic E-state index is 0.0507. The molecule has 4 nitrogen and oxygen atoms in total. The smallest absolute Gasteiger partial charge is 0.227 e. The summed E-state index contributed by atoms with van der Waals surface area (Å²) in [5.74, 6) is 0.825. The van der Waals surface area contributed by atoms with Crippen LogP contribution in [0.5, 0.6) is 0 Å². The monoisotopic (exact) mass is 256 g/mol. The van der Waals surface area contributed by atoms with Crippen LogP contribution in [-0.4, -0.2) is 30.7 Å². The SMILES string of the molecule is CCC(C)(CN)C(=O)NCC1CCCCC1CO. The number of carbonyl (C=O) groups excluding carboxylic acids is 1. The summed E-state index contributed by atoms with van der Waals surface area (Å²) < 4.78 is 0. The van der Waals surface area contributed by atoms with Gasteiger partial charge in [0.05, 0.1) is 5.41 Å². The Bertz CT molecular complexity index is 265. The number of aliphatic hydroxyl groups is 1. The Kier molecular flexibility index (Phi) is 6.09. The highest BCUT2D eigenvalue weighted by Crippen LogP contribution is 2.29. The molecule has 0 aromatic carbocycles. The van der Waals surface area contributed by atoms with Gasteiger partial charge in [-0.05, 0) is 38.0 Å². The molecule has 0 bridgehead atoms. The average molecular weight is 256 g/mol. The normalized spacial score (nSPS) is 27.6. The fraction of sp³-hybridized carbons (Fsp3) is 0.929. The summed E-state index contributed by atoms with van der Waals surface area (Å²) in [4.78, 5) is 12.1. The van der Waals surface area contributed by atoms with Crippen molar-refractivity contribution in [3.63, 3.8) is 0 Å². The average Bonchev–Trinajstić information content (AvgIpc) is 2.43. The standard InChI is InChI=1S/C14H28N2O2/c1-3-14(2,10-15)13(18)16-8-11-6-4-5-7-12(11)9-17/h11-12,17H,3-10,15H2,1-2H3,(H,16,18). The van der Waals surface area contributed by atoms with Gasteiger partial charge in [-0.15, -0.1) is 0 Å². The molecule has 106 valence electrons. The Labute approximate surface area is 110 Å². The van der Waals surface area contributed by atoms with E-state index in [0.29, 0.717) is 24.9 Å². The predicted molar refractivity (Wildman–Crippen MR) is 73.0 cm³/mol. The minimum atomic E-state index is -0.455. The van der Waals surface area contributed by atoms with Crippen LogP contribution in [0.1, 0.15) is 46.0 Å². The maximum absolute atomic E-state index is 12.1. The lowest BCUT2D eigenvalue weighted by Gasteiger charge is -2.32. The van der Waals surface area contributed by atoms with Crippen molar-refractivity contribution < 1.29 is 9.90 Å². The number of carbonyl (C=O) groups is 1. The van der Waals surface area contributed by atoms with Crippen LogP contribution in [0.2, 0.25) is 0 Å². The molecule has 18 heavy (non-hydrogen) atoms. The molecule has 3 atom stereocenters. The number of nitrogens with one attached hydrogen (secondary N) is 1. The zero-order valence-electron chi connectivity index (χ0n) is 11.7. The largest absolute Gasteiger partial charge is 0.396 e. The van der Waals surface area contributed by atoms with Crippen LogP contribution in [0.25, 0.3) is 0 Å². The number of aliphatic hydroxyl groups excluding tert-OH is 1. The second kappa shape index (κ2) is 7.10. The van der Waals surface area contributed by atoms with E-state index in [4.69, 9.17) is 5.73 Å². The van der Waals surface area contributed by atoms with Crippen LogP contribution in [0.3, 0.4) is 0 Å². The summed E-state index contributed by atoms with van der Waals surface area (Å²) in [6.45, 7) is 5.20. The van der Waals surface area contributed by atoms with Gasteiger partial charge in [-0.25, -0.2) is 0 Å². The molecule has 0 aromatic heterocycles. The molecule has 0 aromatic rings. The van der Waals surface area contributed by atoms with E-state index in [1.807, 2.05) is 13.8 Å². The van der Waals surface area contributed by atoms with Crippen LogP contribution < -0.4 is 11.1 Å². The third kappa shape index (κ3) is 3.69. The molecule has 1 amide bonds. The van der Waals surface area contributed by atoms with Crippen molar-refractivity contribution in [2.75, 3.05) is 19.7 Å². The molecule has 1 aliphatic rings. The third-order valence-corrected chi connectivity index (χ3v) is 4.60. The first-order valence-electron chi connectivity index (χ1n) is 7.16. The number of hydrogen-bond acceptors (Lipinski definition) is 3. The quantitative estimate of drug-likeness (QED) is 0.670. The summed E-state index contributed by atoms with van der Waals surface area (Å²) >= 11 is 0. The van der Waals surface area contributed by atoms with E-state index >= 15 is 0 Å². The van der Waals surface area contributed by atoms with Gasteiger partial charge in [-0.3, -0.25) is 4.79 Å². The van der Waals surface area contributed by atoms with E-state index in [1.165, 1.54) is 12.8 Å². The Morgan fingerprint density at radius 3 is 2.50 bits per heavy atom. The second-order valence-electron chi connectivity index (χ2n) is 5.82. The van der Waals surface area contributed by atoms with E-state index in [0.717, 1.165) is 19.3 Å². The lowest BCUT2D eigenvalue weighted by molar-refractivity contribution is -0.130. The van der Waals surface area contributed by atoms with Crippen molar-refractivity contribution in [3.8, 4) is 0 Å². The fourth-order valence-electron chi connectivity index (χ4n) is 2.63. The zero-order chi connectivity index (χ0) is 13.6. The van der Waals surface area contributed by atoms with Crippen LogP contribution in [0.4, 0.5) is 0 Å². The number of nitrogens with two attached hydrogens (primary N) is 1. The Morgan fingerprint density at radius 2 is 2.00 bits per heavy atom. The highest BCUT2D eigenvalue weighted by molar-refractivity contribution is 5.82. The Balaban J connectivity index is 2.46. The lowest BCUT2D eigenvalue weighted by atomic mass is 9.79. The molecule has 3 unspecified atom stereocenters. The Hall–Kier alpha value is -0.610. The highest BCUT2D eigenvalue weighted by atomic mass is 16.3. The van der Waals surface area contributed by atoms with Crippen LogP contribution >= 0.6 is 0 Å². The molecule has 1 fully saturated rings. The van der Waals surface area contributed by atoms with Gasteiger partial charge in [0, 0.05) is 19.7 Å². The van der Waals surface area contributed by atoms with Crippen molar-refractivity contribution >= 4 is 5.91 Å². The van der Waals surface area contributed by atoms with Gasteiger partial charge in [0.1, 0.15) is 0 Å². The molecular formula is C14H28N2O2. The summed E-state index contributed by atoms with van der Waals surface area (Å²) in [5.41, 5.74) is 5.22. The maximum Gasteiger partial charge on any atom is 0.227 e. The summed E-state index contributed by atoms with van der Waals surface area (Å²) in [6, 6.07) is 0. The van der Waals surface area contributed by atoms with Gasteiger partial charge in [-0.2, -0.15) is 0 Å². The van der Waals surface area contributed by atoms with Crippen LogP contribution in [-0.2, 0) is 4.79 Å². The molecular weight excluding hydrogens is 228 g/mol.